The van der Waals surface area contributed by atoms with Crippen molar-refractivity contribution in [2.45, 2.75) is 39.3 Å². The van der Waals surface area contributed by atoms with Crippen molar-refractivity contribution in [1.82, 2.24) is 9.55 Å². The van der Waals surface area contributed by atoms with Crippen molar-refractivity contribution >= 4 is 0 Å². The third-order valence-electron chi connectivity index (χ3n) is 2.45. The number of hydrogen-bond acceptors (Lipinski definition) is 2. The summed E-state index contributed by atoms with van der Waals surface area (Å²) < 4.78 is 2.15. The van der Waals surface area contributed by atoms with E-state index < -0.39 is 0 Å². The van der Waals surface area contributed by atoms with Gasteiger partial charge in [-0.25, -0.2) is 4.98 Å². The Bertz CT molecular complexity index is 302. The van der Waals surface area contributed by atoms with E-state index in [0.29, 0.717) is 0 Å². The van der Waals surface area contributed by atoms with E-state index in [9.17, 15) is 5.11 Å². The lowest BCUT2D eigenvalue weighted by Crippen LogP contribution is -2.04. The smallest absolute Gasteiger partial charge is 0.109 e. The molecule has 1 aromatic rings. The van der Waals surface area contributed by atoms with Crippen molar-refractivity contribution in [1.29, 1.82) is 0 Å². The Morgan fingerprint density at radius 2 is 2.33 bits per heavy atom. The maximum absolute atomic E-state index is 9.50. The number of fused-ring (bicyclic) bond motifs is 1. The first-order chi connectivity index (χ1) is 5.70. The zero-order valence-corrected chi connectivity index (χ0v) is 7.54. The normalized spacial score (nSPS) is 17.9. The molecule has 0 aliphatic carbocycles. The Morgan fingerprint density at radius 1 is 1.58 bits per heavy atom. The van der Waals surface area contributed by atoms with Crippen LogP contribution in [0.4, 0.5) is 0 Å². The van der Waals surface area contributed by atoms with E-state index in [0.717, 1.165) is 30.2 Å². The van der Waals surface area contributed by atoms with E-state index in [4.69, 9.17) is 0 Å². The number of aliphatic hydroxyl groups is 1. The second-order valence-electron chi connectivity index (χ2n) is 3.43. The van der Waals surface area contributed by atoms with Crippen LogP contribution in [-0.2, 0) is 13.0 Å². The highest BCUT2D eigenvalue weighted by molar-refractivity contribution is 5.19. The van der Waals surface area contributed by atoms with Gasteiger partial charge in [-0.15, -0.1) is 0 Å². The molecule has 1 unspecified atom stereocenters. The topological polar surface area (TPSA) is 38.0 Å². The van der Waals surface area contributed by atoms with E-state index in [1.54, 1.807) is 6.92 Å². The van der Waals surface area contributed by atoms with Crippen molar-refractivity contribution in [2.24, 2.45) is 0 Å². The Labute approximate surface area is 72.0 Å². The minimum Gasteiger partial charge on any atom is -0.387 e. The fourth-order valence-electron chi connectivity index (χ4n) is 2.01. The van der Waals surface area contributed by atoms with Gasteiger partial charge in [0.15, 0.2) is 0 Å². The summed E-state index contributed by atoms with van der Waals surface area (Å²) in [4.78, 5) is 4.42. The number of aromatic nitrogens is 2. The summed E-state index contributed by atoms with van der Waals surface area (Å²) >= 11 is 0. The molecule has 1 N–H and O–H groups in total. The molecule has 0 fully saturated rings. The van der Waals surface area contributed by atoms with Gasteiger partial charge in [0.1, 0.15) is 5.82 Å². The Balaban J connectivity index is 2.52. The lowest BCUT2D eigenvalue weighted by atomic mass is 10.2. The average Bonchev–Trinajstić information content (AvgIpc) is 2.44. The van der Waals surface area contributed by atoms with Crippen LogP contribution in [-0.4, -0.2) is 14.7 Å². The van der Waals surface area contributed by atoms with Crippen LogP contribution in [0.3, 0.4) is 0 Å². The Hall–Kier alpha value is -0.830. The van der Waals surface area contributed by atoms with Crippen LogP contribution >= 0.6 is 0 Å². The molecule has 3 nitrogen and oxygen atoms in total. The molecule has 66 valence electrons. The van der Waals surface area contributed by atoms with Crippen molar-refractivity contribution in [3.8, 4) is 0 Å². The van der Waals surface area contributed by atoms with Crippen molar-refractivity contribution < 1.29 is 5.11 Å². The van der Waals surface area contributed by atoms with Gasteiger partial charge in [-0.1, -0.05) is 0 Å². The maximum Gasteiger partial charge on any atom is 0.109 e. The molecule has 1 atom stereocenters. The van der Waals surface area contributed by atoms with Crippen LogP contribution in [0.1, 0.15) is 36.7 Å². The van der Waals surface area contributed by atoms with Gasteiger partial charge in [-0.3, -0.25) is 0 Å². The molecule has 3 heteroatoms. The summed E-state index contributed by atoms with van der Waals surface area (Å²) in [7, 11) is 0. The molecular weight excluding hydrogens is 152 g/mol. The van der Waals surface area contributed by atoms with E-state index in [1.165, 1.54) is 6.42 Å². The lowest BCUT2D eigenvalue weighted by Gasteiger charge is -2.08. The van der Waals surface area contributed by atoms with Crippen LogP contribution < -0.4 is 0 Å². The second-order valence-corrected chi connectivity index (χ2v) is 3.43. The van der Waals surface area contributed by atoms with Crippen LogP contribution in [0, 0.1) is 6.92 Å². The molecule has 1 aromatic heterocycles. The van der Waals surface area contributed by atoms with E-state index in [-0.39, 0.29) is 6.10 Å². The molecule has 0 saturated heterocycles. The third kappa shape index (κ3) is 0.966. The monoisotopic (exact) mass is 166 g/mol. The molecular formula is C9H14N2O. The third-order valence-corrected chi connectivity index (χ3v) is 2.45. The summed E-state index contributed by atoms with van der Waals surface area (Å²) in [6.07, 6.45) is 1.85. The van der Waals surface area contributed by atoms with Crippen molar-refractivity contribution in [3.05, 3.63) is 17.2 Å². The standard InChI is InChI=1S/C9H14N2O/c1-6-9(7(2)12)11-5-3-4-8(11)10-6/h7,12H,3-5H2,1-2H3. The SMILES string of the molecule is Cc1nc2n(c1C(C)O)CCC2. The summed E-state index contributed by atoms with van der Waals surface area (Å²) in [6, 6.07) is 0. The summed E-state index contributed by atoms with van der Waals surface area (Å²) in [5.41, 5.74) is 1.99. The van der Waals surface area contributed by atoms with Crippen LogP contribution in [0.2, 0.25) is 0 Å². The highest BCUT2D eigenvalue weighted by Crippen LogP contribution is 2.24. The van der Waals surface area contributed by atoms with Crippen molar-refractivity contribution in [3.63, 3.8) is 0 Å². The number of nitrogens with zero attached hydrogens (tertiary/aromatic N) is 2. The van der Waals surface area contributed by atoms with E-state index >= 15 is 0 Å². The fraction of sp³-hybridized carbons (Fsp3) is 0.667. The fourth-order valence-corrected chi connectivity index (χ4v) is 2.01. The lowest BCUT2D eigenvalue weighted by molar-refractivity contribution is 0.188. The summed E-state index contributed by atoms with van der Waals surface area (Å²) in [5, 5.41) is 9.50. The number of rotatable bonds is 1. The van der Waals surface area contributed by atoms with Gasteiger partial charge in [0.25, 0.3) is 0 Å². The number of hydrogen-bond donors (Lipinski definition) is 1. The van der Waals surface area contributed by atoms with E-state index in [2.05, 4.69) is 9.55 Å². The predicted molar refractivity (Wildman–Crippen MR) is 45.9 cm³/mol. The minimum atomic E-state index is -0.385. The van der Waals surface area contributed by atoms with Gasteiger partial charge < -0.3 is 9.67 Å². The van der Waals surface area contributed by atoms with Gasteiger partial charge in [0.2, 0.25) is 0 Å². The predicted octanol–water partition coefficient (Wildman–Crippen LogP) is 1.19. The largest absolute Gasteiger partial charge is 0.387 e. The Kier molecular flexibility index (Phi) is 1.68. The van der Waals surface area contributed by atoms with Crippen molar-refractivity contribution in [2.75, 3.05) is 0 Å². The zero-order valence-electron chi connectivity index (χ0n) is 7.54. The minimum absolute atomic E-state index is 0.385. The Morgan fingerprint density at radius 3 is 3.00 bits per heavy atom. The molecule has 0 aromatic carbocycles. The van der Waals surface area contributed by atoms with Gasteiger partial charge in [-0.2, -0.15) is 0 Å². The number of imidazole rings is 1. The van der Waals surface area contributed by atoms with E-state index in [1.807, 2.05) is 6.92 Å². The molecule has 0 bridgehead atoms. The molecule has 0 amide bonds. The number of aryl methyl sites for hydroxylation is 2. The first-order valence-electron chi connectivity index (χ1n) is 4.44. The molecule has 0 saturated carbocycles. The molecule has 1 aliphatic rings. The quantitative estimate of drug-likeness (QED) is 0.680. The molecule has 1 aliphatic heterocycles. The first-order valence-corrected chi connectivity index (χ1v) is 4.44. The second kappa shape index (κ2) is 2.59. The zero-order chi connectivity index (χ0) is 8.72. The molecule has 0 radical (unpaired) electrons. The highest BCUT2D eigenvalue weighted by atomic mass is 16.3. The van der Waals surface area contributed by atoms with Gasteiger partial charge in [0, 0.05) is 13.0 Å². The van der Waals surface area contributed by atoms with Crippen LogP contribution in [0.5, 0.6) is 0 Å². The summed E-state index contributed by atoms with van der Waals surface area (Å²) in [5.74, 6) is 1.14. The highest BCUT2D eigenvalue weighted by Gasteiger charge is 2.20. The molecule has 2 heterocycles. The average molecular weight is 166 g/mol. The summed E-state index contributed by atoms with van der Waals surface area (Å²) in [6.45, 7) is 4.79. The molecule has 12 heavy (non-hydrogen) atoms. The number of aliphatic hydroxyl groups excluding tert-OH is 1. The maximum atomic E-state index is 9.50. The van der Waals surface area contributed by atoms with Gasteiger partial charge >= 0.3 is 0 Å². The first kappa shape index (κ1) is 7.80. The van der Waals surface area contributed by atoms with Gasteiger partial charge in [-0.05, 0) is 20.3 Å². The molecule has 0 spiro atoms. The van der Waals surface area contributed by atoms with Gasteiger partial charge in [0.05, 0.1) is 17.5 Å². The molecule has 2 rings (SSSR count). The van der Waals surface area contributed by atoms with Crippen LogP contribution in [0.15, 0.2) is 0 Å². The van der Waals surface area contributed by atoms with Crippen LogP contribution in [0.25, 0.3) is 0 Å².